The lowest BCUT2D eigenvalue weighted by Crippen LogP contribution is -2.39. The number of benzene rings is 1. The molecule has 1 aromatic rings. The van der Waals surface area contributed by atoms with Crippen LogP contribution in [0.25, 0.3) is 0 Å². The quantitative estimate of drug-likeness (QED) is 0.751. The molecule has 112 valence electrons. The summed E-state index contributed by atoms with van der Waals surface area (Å²) in [7, 11) is 0. The summed E-state index contributed by atoms with van der Waals surface area (Å²) in [4.78, 5) is 21.8. The van der Waals surface area contributed by atoms with Crippen LogP contribution in [0.1, 0.15) is 24.5 Å². The fourth-order valence-electron chi connectivity index (χ4n) is 1.68. The Morgan fingerprint density at radius 3 is 2.81 bits per heavy atom. The van der Waals surface area contributed by atoms with E-state index in [0.29, 0.717) is 22.6 Å². The van der Waals surface area contributed by atoms with E-state index in [1.807, 2.05) is 6.07 Å². The third-order valence-corrected chi connectivity index (χ3v) is 3.71. The molecule has 1 aromatic carbocycles. The number of amides is 1. The molecule has 0 spiro atoms. The maximum Gasteiger partial charge on any atom is 0.326 e. The van der Waals surface area contributed by atoms with Crippen LogP contribution in [0.2, 0.25) is 0 Å². The van der Waals surface area contributed by atoms with Crippen molar-refractivity contribution in [3.8, 4) is 6.07 Å². The number of thioether (sulfide) groups is 1. The first kappa shape index (κ1) is 17.0. The van der Waals surface area contributed by atoms with Crippen molar-refractivity contribution in [2.75, 3.05) is 5.75 Å². The molecule has 0 aliphatic rings. The normalized spacial score (nSPS) is 11.5. The molecule has 0 aromatic heterocycles. The Morgan fingerprint density at radius 2 is 2.24 bits per heavy atom. The number of hydrogen-bond donors (Lipinski definition) is 2. The van der Waals surface area contributed by atoms with Gasteiger partial charge >= 0.3 is 5.97 Å². The Balaban J connectivity index is 2.50. The molecule has 7 heteroatoms. The minimum absolute atomic E-state index is 0.261. The minimum atomic E-state index is -1.09. The predicted molar refractivity (Wildman–Crippen MR) is 77.1 cm³/mol. The lowest BCUT2D eigenvalue weighted by Gasteiger charge is -2.12. The summed E-state index contributed by atoms with van der Waals surface area (Å²) in [5.74, 6) is -1.02. The van der Waals surface area contributed by atoms with Gasteiger partial charge in [0.25, 0.3) is 0 Å². The van der Waals surface area contributed by atoms with Crippen molar-refractivity contribution < 1.29 is 19.1 Å². The highest BCUT2D eigenvalue weighted by Crippen LogP contribution is 2.18. The molecule has 0 fully saturated rings. The Morgan fingerprint density at radius 1 is 1.52 bits per heavy atom. The maximum atomic E-state index is 13.1. The molecule has 21 heavy (non-hydrogen) atoms. The Hall–Kier alpha value is -2.07. The zero-order valence-corrected chi connectivity index (χ0v) is 12.2. The lowest BCUT2D eigenvalue weighted by atomic mass is 10.1. The fraction of sp³-hybridized carbons (Fsp3) is 0.357. The van der Waals surface area contributed by atoms with Gasteiger partial charge in [0.2, 0.25) is 5.91 Å². The van der Waals surface area contributed by atoms with Gasteiger partial charge in [-0.3, -0.25) is 4.79 Å². The Labute approximate surface area is 126 Å². The summed E-state index contributed by atoms with van der Waals surface area (Å²) >= 11 is 1.38. The van der Waals surface area contributed by atoms with Gasteiger partial charge in [-0.25, -0.2) is 9.18 Å². The molecule has 1 amide bonds. The van der Waals surface area contributed by atoms with E-state index < -0.39 is 23.7 Å². The molecule has 1 rings (SSSR count). The van der Waals surface area contributed by atoms with Crippen LogP contribution in [0.15, 0.2) is 18.2 Å². The Kier molecular flexibility index (Phi) is 6.69. The van der Waals surface area contributed by atoms with Crippen LogP contribution < -0.4 is 5.32 Å². The van der Waals surface area contributed by atoms with Crippen LogP contribution in [0.5, 0.6) is 0 Å². The molecule has 0 heterocycles. The number of nitriles is 1. The molecule has 2 N–H and O–H groups in total. The second kappa shape index (κ2) is 8.27. The molecule has 1 unspecified atom stereocenters. The highest BCUT2D eigenvalue weighted by molar-refractivity contribution is 7.98. The first-order valence-electron chi connectivity index (χ1n) is 6.20. The van der Waals surface area contributed by atoms with E-state index in [1.54, 1.807) is 0 Å². The molecule has 1 atom stereocenters. The van der Waals surface area contributed by atoms with Crippen LogP contribution >= 0.6 is 11.8 Å². The van der Waals surface area contributed by atoms with Crippen molar-refractivity contribution >= 4 is 23.6 Å². The van der Waals surface area contributed by atoms with Gasteiger partial charge in [0.15, 0.2) is 0 Å². The van der Waals surface area contributed by atoms with E-state index in [1.165, 1.54) is 36.9 Å². The van der Waals surface area contributed by atoms with Gasteiger partial charge < -0.3 is 10.4 Å². The third-order valence-electron chi connectivity index (χ3n) is 2.67. The summed E-state index contributed by atoms with van der Waals surface area (Å²) < 4.78 is 13.1. The van der Waals surface area contributed by atoms with Gasteiger partial charge in [0.05, 0.1) is 11.6 Å². The number of halogens is 1. The van der Waals surface area contributed by atoms with Crippen LogP contribution in [0.3, 0.4) is 0 Å². The number of nitrogens with zero attached hydrogens (tertiary/aromatic N) is 1. The average molecular weight is 310 g/mol. The van der Waals surface area contributed by atoms with Gasteiger partial charge in [-0.15, -0.1) is 0 Å². The zero-order chi connectivity index (χ0) is 15.8. The first-order valence-corrected chi connectivity index (χ1v) is 7.35. The lowest BCUT2D eigenvalue weighted by molar-refractivity contribution is -0.141. The van der Waals surface area contributed by atoms with Crippen LogP contribution in [-0.2, 0) is 15.3 Å². The second-order valence-corrected chi connectivity index (χ2v) is 5.45. The van der Waals surface area contributed by atoms with Crippen LogP contribution in [-0.4, -0.2) is 28.8 Å². The van der Waals surface area contributed by atoms with Gasteiger partial charge in [-0.2, -0.15) is 17.0 Å². The molecule has 0 saturated carbocycles. The van der Waals surface area contributed by atoms with E-state index in [0.717, 1.165) is 0 Å². The number of hydrogen-bond acceptors (Lipinski definition) is 4. The summed E-state index contributed by atoms with van der Waals surface area (Å²) in [6.45, 7) is 1.26. The third kappa shape index (κ3) is 5.83. The van der Waals surface area contributed by atoms with Gasteiger partial charge in [0, 0.05) is 12.7 Å². The smallest absolute Gasteiger partial charge is 0.326 e. The first-order chi connectivity index (χ1) is 9.93. The van der Waals surface area contributed by atoms with E-state index >= 15 is 0 Å². The van der Waals surface area contributed by atoms with Crippen molar-refractivity contribution in [1.29, 1.82) is 5.26 Å². The molecule has 0 aliphatic heterocycles. The summed E-state index contributed by atoms with van der Waals surface area (Å²) in [5, 5.41) is 20.2. The molecule has 0 aliphatic carbocycles. The van der Waals surface area contributed by atoms with Crippen LogP contribution in [0.4, 0.5) is 4.39 Å². The van der Waals surface area contributed by atoms with Crippen molar-refractivity contribution in [3.63, 3.8) is 0 Å². The fourth-order valence-corrected chi connectivity index (χ4v) is 2.68. The summed E-state index contributed by atoms with van der Waals surface area (Å²) in [6.07, 6.45) is 0.261. The second-order valence-electron chi connectivity index (χ2n) is 4.35. The van der Waals surface area contributed by atoms with E-state index in [9.17, 15) is 14.0 Å². The molecule has 5 nitrogen and oxygen atoms in total. The van der Waals surface area contributed by atoms with Gasteiger partial charge in [-0.1, -0.05) is 0 Å². The number of carboxylic acid groups (broad SMARTS) is 1. The van der Waals surface area contributed by atoms with Gasteiger partial charge in [0.1, 0.15) is 11.9 Å². The van der Waals surface area contributed by atoms with Crippen molar-refractivity contribution in [2.24, 2.45) is 0 Å². The topological polar surface area (TPSA) is 90.2 Å². The predicted octanol–water partition coefficient (Wildman–Crippen LogP) is 1.91. The molecular formula is C14H15FN2O3S. The number of aliphatic carboxylic acids is 1. The van der Waals surface area contributed by atoms with Gasteiger partial charge in [-0.05, 0) is 35.9 Å². The van der Waals surface area contributed by atoms with E-state index in [4.69, 9.17) is 10.4 Å². The largest absolute Gasteiger partial charge is 0.480 e. The Bertz CT molecular complexity index is 572. The van der Waals surface area contributed by atoms with Crippen LogP contribution in [0, 0.1) is 17.1 Å². The standard InChI is InChI=1S/C14H15FN2O3S/c1-9(18)17-13(14(19)20)4-5-21-8-11-6-12(15)3-2-10(11)7-16/h2-3,6,13H,4-5,8H2,1H3,(H,17,18)(H,19,20). The molecule has 0 saturated heterocycles. The van der Waals surface area contributed by atoms with E-state index in [2.05, 4.69) is 5.32 Å². The number of rotatable bonds is 7. The maximum absolute atomic E-state index is 13.1. The molecule has 0 bridgehead atoms. The highest BCUT2D eigenvalue weighted by Gasteiger charge is 2.17. The monoisotopic (exact) mass is 310 g/mol. The van der Waals surface area contributed by atoms with Crippen molar-refractivity contribution in [3.05, 3.63) is 35.1 Å². The van der Waals surface area contributed by atoms with Crippen molar-refractivity contribution in [2.45, 2.75) is 25.1 Å². The minimum Gasteiger partial charge on any atom is -0.480 e. The number of carbonyl (C=O) groups is 2. The van der Waals surface area contributed by atoms with Crippen molar-refractivity contribution in [1.82, 2.24) is 5.32 Å². The number of carbonyl (C=O) groups excluding carboxylic acids is 1. The molecular weight excluding hydrogens is 295 g/mol. The number of nitrogens with one attached hydrogen (secondary N) is 1. The number of carboxylic acids is 1. The SMILES string of the molecule is CC(=O)NC(CCSCc1cc(F)ccc1C#N)C(=O)O. The summed E-state index contributed by atoms with van der Waals surface area (Å²) in [6, 6.07) is 5.00. The highest BCUT2D eigenvalue weighted by atomic mass is 32.2. The zero-order valence-electron chi connectivity index (χ0n) is 11.4. The van der Waals surface area contributed by atoms with E-state index in [-0.39, 0.29) is 6.42 Å². The molecule has 0 radical (unpaired) electrons. The summed E-state index contributed by atoms with van der Waals surface area (Å²) in [5.41, 5.74) is 0.981. The average Bonchev–Trinajstić information content (AvgIpc) is 2.41.